The molecule has 1 saturated heterocycles. The quantitative estimate of drug-likeness (QED) is 0.0673. The summed E-state index contributed by atoms with van der Waals surface area (Å²) < 4.78 is 80.1. The summed E-state index contributed by atoms with van der Waals surface area (Å²) in [7, 11) is 1.62. The number of carbonyl (C=O) groups excluding carboxylic acids is 2. The van der Waals surface area contributed by atoms with Crippen molar-refractivity contribution < 1.29 is 45.8 Å². The van der Waals surface area contributed by atoms with E-state index in [2.05, 4.69) is 9.64 Å². The Kier molecular flexibility index (Phi) is 14.2. The molecule has 2 amide bonds. The molecule has 13 heteroatoms. The number of alkyl halides is 5. The molecule has 1 aliphatic heterocycles. The van der Waals surface area contributed by atoms with E-state index in [-0.39, 0.29) is 44.4 Å². The molecule has 1 heterocycles. The van der Waals surface area contributed by atoms with E-state index in [1.165, 1.54) is 46.2 Å². The molecule has 4 aromatic rings. The molecule has 1 unspecified atom stereocenters. The van der Waals surface area contributed by atoms with Crippen molar-refractivity contribution in [1.29, 1.82) is 0 Å². The SMILES string of the molecule is CN(CCOCc1ccc(OC(F)F)cc1)C(=O)C(Cc1ccccc1)N(Cc1ccc(N2CCOCC2)cc1)C(=O)C=Cc1ccc(C(F)(F)F)cc1. The maximum Gasteiger partial charge on any atom is 0.416 e. The van der Waals surface area contributed by atoms with Crippen LogP contribution in [0, 0.1) is 0 Å². The number of hydrogen-bond acceptors (Lipinski definition) is 6. The molecule has 0 bridgehead atoms. The zero-order chi connectivity index (χ0) is 38.5. The molecular formula is C41H42F5N3O5. The van der Waals surface area contributed by atoms with E-state index in [0.29, 0.717) is 18.8 Å². The predicted molar refractivity (Wildman–Crippen MR) is 195 cm³/mol. The lowest BCUT2D eigenvalue weighted by molar-refractivity contribution is -0.143. The van der Waals surface area contributed by atoms with Gasteiger partial charge in [0, 0.05) is 51.4 Å². The number of morpholine rings is 1. The number of benzene rings is 4. The van der Waals surface area contributed by atoms with Crippen molar-refractivity contribution in [3.05, 3.63) is 137 Å². The lowest BCUT2D eigenvalue weighted by atomic mass is 10.0. The molecular weight excluding hydrogens is 709 g/mol. The predicted octanol–water partition coefficient (Wildman–Crippen LogP) is 7.47. The number of carbonyl (C=O) groups is 2. The number of rotatable bonds is 16. The van der Waals surface area contributed by atoms with Crippen molar-refractivity contribution in [3.63, 3.8) is 0 Å². The molecule has 0 aliphatic carbocycles. The molecule has 54 heavy (non-hydrogen) atoms. The normalized spacial score (nSPS) is 13.9. The van der Waals surface area contributed by atoms with Gasteiger partial charge in [-0.1, -0.05) is 66.7 Å². The molecule has 1 atom stereocenters. The van der Waals surface area contributed by atoms with Gasteiger partial charge in [-0.3, -0.25) is 9.59 Å². The van der Waals surface area contributed by atoms with E-state index >= 15 is 0 Å². The van der Waals surface area contributed by atoms with Gasteiger partial charge in [0.2, 0.25) is 11.8 Å². The summed E-state index contributed by atoms with van der Waals surface area (Å²) in [4.78, 5) is 33.6. The molecule has 5 rings (SSSR count). The second-order valence-electron chi connectivity index (χ2n) is 12.7. The van der Waals surface area contributed by atoms with E-state index in [1.54, 1.807) is 19.2 Å². The Bertz CT molecular complexity index is 1800. The highest BCUT2D eigenvalue weighted by Crippen LogP contribution is 2.29. The fourth-order valence-electron chi connectivity index (χ4n) is 5.91. The minimum absolute atomic E-state index is 0.0323. The van der Waals surface area contributed by atoms with Gasteiger partial charge in [0.05, 0.1) is 32.0 Å². The highest BCUT2D eigenvalue weighted by molar-refractivity contribution is 5.95. The van der Waals surface area contributed by atoms with Crippen LogP contribution in [0.1, 0.15) is 27.8 Å². The van der Waals surface area contributed by atoms with Crippen LogP contribution in [0.5, 0.6) is 5.75 Å². The van der Waals surface area contributed by atoms with Crippen LogP contribution in [-0.2, 0) is 44.8 Å². The smallest absolute Gasteiger partial charge is 0.416 e. The minimum atomic E-state index is -4.49. The average molecular weight is 752 g/mol. The lowest BCUT2D eigenvalue weighted by Crippen LogP contribution is -2.51. The molecule has 0 spiro atoms. The van der Waals surface area contributed by atoms with Crippen LogP contribution in [-0.4, -0.2) is 80.8 Å². The second-order valence-corrected chi connectivity index (χ2v) is 12.7. The van der Waals surface area contributed by atoms with Gasteiger partial charge in [0.15, 0.2) is 0 Å². The number of halogens is 5. The largest absolute Gasteiger partial charge is 0.435 e. The molecule has 0 saturated carbocycles. The van der Waals surface area contributed by atoms with Gasteiger partial charge < -0.3 is 28.9 Å². The van der Waals surface area contributed by atoms with Gasteiger partial charge in [0.25, 0.3) is 0 Å². The first kappa shape index (κ1) is 39.9. The third-order valence-corrected chi connectivity index (χ3v) is 8.90. The Morgan fingerprint density at radius 1 is 0.852 bits per heavy atom. The summed E-state index contributed by atoms with van der Waals surface area (Å²) in [6.45, 7) is 0.438. The maximum atomic E-state index is 14.3. The number of amides is 2. The number of likely N-dealkylation sites (N-methyl/N-ethyl adjacent to an activating group) is 1. The molecule has 4 aromatic carbocycles. The molecule has 286 valence electrons. The zero-order valence-corrected chi connectivity index (χ0v) is 29.8. The Labute approximate surface area is 311 Å². The molecule has 0 radical (unpaired) electrons. The fraction of sp³-hybridized carbons (Fsp3) is 0.317. The first-order chi connectivity index (χ1) is 26.0. The Morgan fingerprint density at radius 3 is 2.13 bits per heavy atom. The summed E-state index contributed by atoms with van der Waals surface area (Å²) in [6, 6.07) is 26.6. The van der Waals surface area contributed by atoms with Crippen LogP contribution < -0.4 is 9.64 Å². The van der Waals surface area contributed by atoms with Gasteiger partial charge in [-0.25, -0.2) is 0 Å². The van der Waals surface area contributed by atoms with E-state index in [9.17, 15) is 31.5 Å². The van der Waals surface area contributed by atoms with Crippen LogP contribution in [0.4, 0.5) is 27.6 Å². The van der Waals surface area contributed by atoms with Crippen molar-refractivity contribution >= 4 is 23.6 Å². The molecule has 0 N–H and O–H groups in total. The van der Waals surface area contributed by atoms with Crippen LogP contribution in [0.2, 0.25) is 0 Å². The van der Waals surface area contributed by atoms with Gasteiger partial charge in [-0.15, -0.1) is 0 Å². The Balaban J connectivity index is 1.35. The summed E-state index contributed by atoms with van der Waals surface area (Å²) in [5, 5.41) is 0. The molecule has 0 aromatic heterocycles. The number of hydrogen-bond donors (Lipinski definition) is 0. The summed E-state index contributed by atoms with van der Waals surface area (Å²) in [5.41, 5.74) is 2.94. The van der Waals surface area contributed by atoms with Gasteiger partial charge in [-0.05, 0) is 64.7 Å². The van der Waals surface area contributed by atoms with Crippen LogP contribution in [0.25, 0.3) is 6.08 Å². The molecule has 1 aliphatic rings. The fourth-order valence-corrected chi connectivity index (χ4v) is 5.91. The Hall–Kier alpha value is -5.27. The minimum Gasteiger partial charge on any atom is -0.435 e. The summed E-state index contributed by atoms with van der Waals surface area (Å²) in [5.74, 6) is -0.799. The lowest BCUT2D eigenvalue weighted by Gasteiger charge is -2.33. The van der Waals surface area contributed by atoms with Gasteiger partial charge in [-0.2, -0.15) is 22.0 Å². The van der Waals surface area contributed by atoms with E-state index < -0.39 is 30.3 Å². The van der Waals surface area contributed by atoms with Crippen molar-refractivity contribution in [2.45, 2.75) is 38.4 Å². The third kappa shape index (κ3) is 11.9. The number of ether oxygens (including phenoxy) is 3. The maximum absolute atomic E-state index is 14.3. The van der Waals surface area contributed by atoms with E-state index in [0.717, 1.165) is 47.6 Å². The van der Waals surface area contributed by atoms with Gasteiger partial charge >= 0.3 is 12.8 Å². The first-order valence-corrected chi connectivity index (χ1v) is 17.4. The first-order valence-electron chi connectivity index (χ1n) is 17.4. The van der Waals surface area contributed by atoms with E-state index in [1.807, 2.05) is 54.6 Å². The third-order valence-electron chi connectivity index (χ3n) is 8.90. The van der Waals surface area contributed by atoms with Crippen molar-refractivity contribution in [2.24, 2.45) is 0 Å². The second kappa shape index (κ2) is 19.2. The van der Waals surface area contributed by atoms with E-state index in [4.69, 9.17) is 9.47 Å². The van der Waals surface area contributed by atoms with Crippen molar-refractivity contribution in [3.8, 4) is 5.75 Å². The zero-order valence-electron chi connectivity index (χ0n) is 29.8. The van der Waals surface area contributed by atoms with Gasteiger partial charge in [0.1, 0.15) is 11.8 Å². The summed E-state index contributed by atoms with van der Waals surface area (Å²) in [6.07, 6.45) is -1.58. The summed E-state index contributed by atoms with van der Waals surface area (Å²) >= 11 is 0. The van der Waals surface area contributed by atoms with Crippen LogP contribution in [0.15, 0.2) is 109 Å². The topological polar surface area (TPSA) is 71.6 Å². The van der Waals surface area contributed by atoms with Crippen LogP contribution in [0.3, 0.4) is 0 Å². The highest BCUT2D eigenvalue weighted by Gasteiger charge is 2.32. The number of anilines is 1. The Morgan fingerprint density at radius 2 is 1.50 bits per heavy atom. The average Bonchev–Trinajstić information content (AvgIpc) is 3.17. The molecule has 8 nitrogen and oxygen atoms in total. The van der Waals surface area contributed by atoms with Crippen molar-refractivity contribution in [1.82, 2.24) is 9.80 Å². The monoisotopic (exact) mass is 751 g/mol. The standard InChI is InChI=1S/C41H42F5N3O5/c1-47(21-24-53-29-33-11-18-36(19-12-33)54-40(42)43)39(51)37(27-31-5-3-2-4-6-31)49(28-32-9-16-35(17-10-32)48-22-25-52-26-23-48)38(50)20-13-30-7-14-34(15-8-30)41(44,45)46/h2-20,37,40H,21-29H2,1H3. The molecule has 1 fully saturated rings. The number of nitrogens with zero attached hydrogens (tertiary/aromatic N) is 3. The highest BCUT2D eigenvalue weighted by atomic mass is 19.4. The van der Waals surface area contributed by atoms with Crippen molar-refractivity contribution in [2.75, 3.05) is 51.4 Å². The van der Waals surface area contributed by atoms with Crippen LogP contribution >= 0.6 is 0 Å².